The lowest BCUT2D eigenvalue weighted by Crippen LogP contribution is -2.48. The average molecular weight is 446 g/mol. The highest BCUT2D eigenvalue weighted by atomic mass is 16.6. The van der Waals surface area contributed by atoms with Crippen LogP contribution in [0.15, 0.2) is 36.9 Å². The predicted molar refractivity (Wildman–Crippen MR) is 127 cm³/mol. The number of amides is 3. The SMILES string of the molecule is C=CCN(C(=O)CNC(=O)OC(C)(C)C)C(C(=O)NCCCCC)c1ccc(CC)cc1. The fourth-order valence-electron chi connectivity index (χ4n) is 3.15. The first-order valence-electron chi connectivity index (χ1n) is 11.4. The first kappa shape index (κ1) is 27.2. The summed E-state index contributed by atoms with van der Waals surface area (Å²) in [5.74, 6) is -0.651. The van der Waals surface area contributed by atoms with Gasteiger partial charge in [0.1, 0.15) is 18.2 Å². The molecule has 0 saturated heterocycles. The molecule has 1 rings (SSSR count). The molecule has 178 valence electrons. The van der Waals surface area contributed by atoms with Crippen molar-refractivity contribution in [2.24, 2.45) is 0 Å². The van der Waals surface area contributed by atoms with E-state index in [4.69, 9.17) is 4.74 Å². The van der Waals surface area contributed by atoms with Crippen molar-refractivity contribution in [3.8, 4) is 0 Å². The largest absolute Gasteiger partial charge is 0.444 e. The van der Waals surface area contributed by atoms with Crippen molar-refractivity contribution in [2.75, 3.05) is 19.6 Å². The van der Waals surface area contributed by atoms with E-state index in [1.807, 2.05) is 24.3 Å². The molecular weight excluding hydrogens is 406 g/mol. The van der Waals surface area contributed by atoms with E-state index in [1.54, 1.807) is 26.8 Å². The molecule has 1 aromatic carbocycles. The van der Waals surface area contributed by atoms with Crippen LogP contribution < -0.4 is 10.6 Å². The molecule has 0 radical (unpaired) electrons. The molecule has 0 fully saturated rings. The molecule has 7 heteroatoms. The van der Waals surface area contributed by atoms with Gasteiger partial charge in [-0.2, -0.15) is 0 Å². The minimum atomic E-state index is -0.825. The second-order valence-corrected chi connectivity index (χ2v) is 8.69. The Labute approximate surface area is 192 Å². The number of alkyl carbamates (subject to hydrolysis) is 1. The molecule has 0 aliphatic heterocycles. The molecule has 0 aliphatic rings. The van der Waals surface area contributed by atoms with Crippen molar-refractivity contribution < 1.29 is 19.1 Å². The summed E-state index contributed by atoms with van der Waals surface area (Å²) in [5, 5.41) is 5.44. The zero-order chi connectivity index (χ0) is 24.1. The van der Waals surface area contributed by atoms with Crippen molar-refractivity contribution in [1.29, 1.82) is 0 Å². The summed E-state index contributed by atoms with van der Waals surface area (Å²) in [6.45, 7) is 13.6. The molecular formula is C25H39N3O4. The number of hydrogen-bond donors (Lipinski definition) is 2. The van der Waals surface area contributed by atoms with Gasteiger partial charge in [0.25, 0.3) is 0 Å². The second kappa shape index (κ2) is 13.6. The van der Waals surface area contributed by atoms with Gasteiger partial charge in [0, 0.05) is 13.1 Å². The van der Waals surface area contributed by atoms with Gasteiger partial charge in [-0.05, 0) is 44.7 Å². The van der Waals surface area contributed by atoms with Gasteiger partial charge in [-0.25, -0.2) is 4.79 Å². The highest BCUT2D eigenvalue weighted by Gasteiger charge is 2.31. The third kappa shape index (κ3) is 9.54. The fourth-order valence-corrected chi connectivity index (χ4v) is 3.15. The summed E-state index contributed by atoms with van der Waals surface area (Å²) in [5.41, 5.74) is 1.18. The van der Waals surface area contributed by atoms with Gasteiger partial charge < -0.3 is 20.3 Å². The van der Waals surface area contributed by atoms with E-state index in [9.17, 15) is 14.4 Å². The van der Waals surface area contributed by atoms with Crippen LogP contribution in [-0.2, 0) is 20.7 Å². The average Bonchev–Trinajstić information content (AvgIpc) is 2.74. The molecule has 0 spiro atoms. The second-order valence-electron chi connectivity index (χ2n) is 8.69. The number of carbonyl (C=O) groups is 3. The Kier molecular flexibility index (Phi) is 11.5. The lowest BCUT2D eigenvalue weighted by atomic mass is 10.0. The lowest BCUT2D eigenvalue weighted by molar-refractivity contribution is -0.139. The minimum absolute atomic E-state index is 0.164. The van der Waals surface area contributed by atoms with Crippen LogP contribution >= 0.6 is 0 Å². The van der Waals surface area contributed by atoms with Crippen molar-refractivity contribution in [3.05, 3.63) is 48.0 Å². The number of hydrogen-bond acceptors (Lipinski definition) is 4. The quantitative estimate of drug-likeness (QED) is 0.374. The van der Waals surface area contributed by atoms with Crippen molar-refractivity contribution in [3.63, 3.8) is 0 Å². The third-order valence-corrected chi connectivity index (χ3v) is 4.77. The van der Waals surface area contributed by atoms with Gasteiger partial charge in [-0.3, -0.25) is 9.59 Å². The number of aryl methyl sites for hydroxylation is 1. The molecule has 1 atom stereocenters. The Bertz CT molecular complexity index is 753. The number of unbranched alkanes of at least 4 members (excludes halogenated alkanes) is 2. The first-order chi connectivity index (χ1) is 15.1. The molecule has 3 amide bonds. The van der Waals surface area contributed by atoms with E-state index >= 15 is 0 Å². The maximum atomic E-state index is 13.2. The Morgan fingerprint density at radius 3 is 2.28 bits per heavy atom. The molecule has 1 unspecified atom stereocenters. The van der Waals surface area contributed by atoms with E-state index in [-0.39, 0.29) is 19.0 Å². The molecule has 0 saturated carbocycles. The van der Waals surface area contributed by atoms with Gasteiger partial charge in [-0.15, -0.1) is 6.58 Å². The summed E-state index contributed by atoms with van der Waals surface area (Å²) < 4.78 is 5.20. The molecule has 7 nitrogen and oxygen atoms in total. The van der Waals surface area contributed by atoms with E-state index in [1.165, 1.54) is 4.90 Å². The molecule has 0 bridgehead atoms. The minimum Gasteiger partial charge on any atom is -0.444 e. The topological polar surface area (TPSA) is 87.7 Å². The van der Waals surface area contributed by atoms with E-state index in [2.05, 4.69) is 31.1 Å². The normalized spacial score (nSPS) is 11.9. The van der Waals surface area contributed by atoms with Crippen molar-refractivity contribution >= 4 is 17.9 Å². The van der Waals surface area contributed by atoms with Gasteiger partial charge in [-0.1, -0.05) is 57.0 Å². The van der Waals surface area contributed by atoms with Gasteiger partial charge in [0.2, 0.25) is 11.8 Å². The monoisotopic (exact) mass is 445 g/mol. The molecule has 1 aromatic rings. The number of benzene rings is 1. The molecule has 0 aromatic heterocycles. The zero-order valence-corrected chi connectivity index (χ0v) is 20.2. The van der Waals surface area contributed by atoms with Crippen LogP contribution in [0, 0.1) is 0 Å². The van der Waals surface area contributed by atoms with Crippen LogP contribution in [0.1, 0.15) is 71.0 Å². The highest BCUT2D eigenvalue weighted by Crippen LogP contribution is 2.22. The van der Waals surface area contributed by atoms with Gasteiger partial charge in [0.05, 0.1) is 0 Å². The van der Waals surface area contributed by atoms with Crippen molar-refractivity contribution in [1.82, 2.24) is 15.5 Å². The Balaban J connectivity index is 3.07. The van der Waals surface area contributed by atoms with Crippen LogP contribution in [0.3, 0.4) is 0 Å². The van der Waals surface area contributed by atoms with E-state index < -0.39 is 23.6 Å². The third-order valence-electron chi connectivity index (χ3n) is 4.77. The molecule has 2 N–H and O–H groups in total. The zero-order valence-electron chi connectivity index (χ0n) is 20.2. The van der Waals surface area contributed by atoms with Gasteiger partial charge in [0.15, 0.2) is 0 Å². The summed E-state index contributed by atoms with van der Waals surface area (Å²) >= 11 is 0. The number of carbonyl (C=O) groups excluding carboxylic acids is 3. The number of nitrogens with one attached hydrogen (secondary N) is 2. The Morgan fingerprint density at radius 2 is 1.75 bits per heavy atom. The first-order valence-corrected chi connectivity index (χ1v) is 11.4. The number of rotatable bonds is 12. The summed E-state index contributed by atoms with van der Waals surface area (Å²) in [6, 6.07) is 6.85. The predicted octanol–water partition coefficient (Wildman–Crippen LogP) is 4.14. The summed E-state index contributed by atoms with van der Waals surface area (Å²) in [6.07, 6.45) is 4.71. The van der Waals surface area contributed by atoms with Crippen LogP contribution in [0.4, 0.5) is 4.79 Å². The smallest absolute Gasteiger partial charge is 0.408 e. The molecule has 0 heterocycles. The molecule has 32 heavy (non-hydrogen) atoms. The Hall–Kier alpha value is -2.83. The lowest BCUT2D eigenvalue weighted by Gasteiger charge is -2.31. The maximum Gasteiger partial charge on any atom is 0.408 e. The Morgan fingerprint density at radius 1 is 1.09 bits per heavy atom. The van der Waals surface area contributed by atoms with Crippen LogP contribution in [-0.4, -0.2) is 48.0 Å². The maximum absolute atomic E-state index is 13.2. The summed E-state index contributed by atoms with van der Waals surface area (Å²) in [7, 11) is 0. The highest BCUT2D eigenvalue weighted by molar-refractivity contribution is 5.90. The van der Waals surface area contributed by atoms with E-state index in [0.717, 1.165) is 31.2 Å². The van der Waals surface area contributed by atoms with Crippen molar-refractivity contribution in [2.45, 2.75) is 71.9 Å². The van der Waals surface area contributed by atoms with Crippen LogP contribution in [0.5, 0.6) is 0 Å². The number of nitrogens with zero attached hydrogens (tertiary/aromatic N) is 1. The molecule has 0 aliphatic carbocycles. The van der Waals surface area contributed by atoms with Crippen LogP contribution in [0.2, 0.25) is 0 Å². The van der Waals surface area contributed by atoms with Gasteiger partial charge >= 0.3 is 6.09 Å². The van der Waals surface area contributed by atoms with Crippen LogP contribution in [0.25, 0.3) is 0 Å². The standard InChI is InChI=1S/C25H39N3O4/c1-7-10-11-16-26-23(30)22(20-14-12-19(9-3)13-15-20)28(17-8-2)21(29)18-27-24(31)32-25(4,5)6/h8,12-15,22H,2,7,9-11,16-18H2,1,3-6H3,(H,26,30)(H,27,31). The number of ether oxygens (including phenoxy) is 1. The summed E-state index contributed by atoms with van der Waals surface area (Å²) in [4.78, 5) is 39.6. The van der Waals surface area contributed by atoms with E-state index in [0.29, 0.717) is 12.1 Å². The fraction of sp³-hybridized carbons (Fsp3) is 0.560.